The molecule has 0 saturated carbocycles. The van der Waals surface area contributed by atoms with Crippen LogP contribution in [-0.4, -0.2) is 67.4 Å². The van der Waals surface area contributed by atoms with Crippen LogP contribution in [-0.2, 0) is 9.59 Å². The minimum atomic E-state index is -0.276. The second-order valence-corrected chi connectivity index (χ2v) is 6.61. The summed E-state index contributed by atoms with van der Waals surface area (Å²) in [7, 11) is 0. The maximum atomic E-state index is 12.4. The molecule has 134 valence electrons. The summed E-state index contributed by atoms with van der Waals surface area (Å²) in [5, 5.41) is 3.40. The fourth-order valence-electron chi connectivity index (χ4n) is 3.42. The Balaban J connectivity index is 0.00000264. The number of hydrogen-bond acceptors (Lipinski definition) is 4. The van der Waals surface area contributed by atoms with Gasteiger partial charge in [0.25, 0.3) is 0 Å². The van der Waals surface area contributed by atoms with E-state index in [2.05, 4.69) is 17.1 Å². The minimum absolute atomic E-state index is 0. The van der Waals surface area contributed by atoms with Crippen LogP contribution in [0.3, 0.4) is 0 Å². The third-order valence-electron chi connectivity index (χ3n) is 4.93. The van der Waals surface area contributed by atoms with Gasteiger partial charge in [0.2, 0.25) is 11.8 Å². The summed E-state index contributed by atoms with van der Waals surface area (Å²) in [4.78, 5) is 27.8. The molecule has 23 heavy (non-hydrogen) atoms. The summed E-state index contributed by atoms with van der Waals surface area (Å²) >= 11 is 0. The highest BCUT2D eigenvalue weighted by atomic mass is 35.5. The molecule has 2 amide bonds. The summed E-state index contributed by atoms with van der Waals surface area (Å²) in [6.45, 7) is 7.99. The summed E-state index contributed by atoms with van der Waals surface area (Å²) < 4.78 is 0. The number of carbonyl (C=O) groups excluding carboxylic acids is 2. The van der Waals surface area contributed by atoms with Crippen LogP contribution in [0.2, 0.25) is 0 Å². The lowest BCUT2D eigenvalue weighted by atomic mass is 9.96. The van der Waals surface area contributed by atoms with E-state index in [-0.39, 0.29) is 30.1 Å². The number of likely N-dealkylation sites (tertiary alicyclic amines) is 2. The molecule has 0 bridgehead atoms. The summed E-state index contributed by atoms with van der Waals surface area (Å²) in [6, 6.07) is 0. The lowest BCUT2D eigenvalue weighted by molar-refractivity contribution is -0.136. The number of primary amides is 1. The molecule has 0 aliphatic carbocycles. The Morgan fingerprint density at radius 1 is 1.17 bits per heavy atom. The number of amides is 2. The monoisotopic (exact) mass is 346 g/mol. The summed E-state index contributed by atoms with van der Waals surface area (Å²) in [5.74, 6) is 0.446. The quantitative estimate of drug-likeness (QED) is 0.732. The zero-order valence-corrected chi connectivity index (χ0v) is 14.9. The Morgan fingerprint density at radius 2 is 1.87 bits per heavy atom. The number of nitrogens with one attached hydrogen (secondary N) is 1. The number of carbonyl (C=O) groups is 2. The van der Waals surface area contributed by atoms with Crippen LogP contribution in [0.1, 0.15) is 32.6 Å². The highest BCUT2D eigenvalue weighted by molar-refractivity contribution is 5.85. The molecule has 6 nitrogen and oxygen atoms in total. The minimum Gasteiger partial charge on any atom is -0.369 e. The number of piperidine rings is 2. The van der Waals surface area contributed by atoms with Crippen LogP contribution in [0, 0.1) is 11.8 Å². The summed E-state index contributed by atoms with van der Waals surface area (Å²) in [5.41, 5.74) is 5.38. The number of nitrogens with zero attached hydrogens (tertiary/aromatic N) is 2. The molecule has 2 aliphatic heterocycles. The van der Waals surface area contributed by atoms with Crippen molar-refractivity contribution < 1.29 is 9.59 Å². The van der Waals surface area contributed by atoms with Crippen LogP contribution >= 0.6 is 12.4 Å². The van der Waals surface area contributed by atoms with Gasteiger partial charge in [0.1, 0.15) is 0 Å². The Kier molecular flexibility index (Phi) is 8.87. The number of nitrogens with two attached hydrogens (primary N) is 1. The molecule has 7 heteroatoms. The van der Waals surface area contributed by atoms with Gasteiger partial charge in [-0.3, -0.25) is 14.5 Å². The molecule has 0 aromatic carbocycles. The van der Waals surface area contributed by atoms with Crippen molar-refractivity contribution >= 4 is 24.2 Å². The maximum Gasteiger partial charge on any atom is 0.236 e. The SMILES string of the molecule is CCNCC1CCN(CC(=O)N2CCCC(C(N)=O)C2)CC1.Cl. The van der Waals surface area contributed by atoms with Crippen molar-refractivity contribution in [2.45, 2.75) is 32.6 Å². The van der Waals surface area contributed by atoms with Gasteiger partial charge in [-0.2, -0.15) is 0 Å². The van der Waals surface area contributed by atoms with Gasteiger partial charge in [0.15, 0.2) is 0 Å². The van der Waals surface area contributed by atoms with E-state index in [1.165, 1.54) is 0 Å². The Labute approximate surface area is 145 Å². The largest absolute Gasteiger partial charge is 0.369 e. The molecule has 2 heterocycles. The molecule has 0 radical (unpaired) electrons. The standard InChI is InChI=1S/C16H30N4O2.ClH/c1-2-18-10-13-5-8-19(9-6-13)12-15(21)20-7-3-4-14(11-20)16(17)22;/h13-14,18H,2-12H2,1H3,(H2,17,22);1H. The van der Waals surface area contributed by atoms with E-state index >= 15 is 0 Å². The molecule has 3 N–H and O–H groups in total. The van der Waals surface area contributed by atoms with Crippen LogP contribution in [0.4, 0.5) is 0 Å². The van der Waals surface area contributed by atoms with E-state index in [0.717, 1.165) is 64.3 Å². The van der Waals surface area contributed by atoms with Gasteiger partial charge < -0.3 is 16.0 Å². The first-order valence-electron chi connectivity index (χ1n) is 8.60. The average molecular weight is 347 g/mol. The van der Waals surface area contributed by atoms with Crippen molar-refractivity contribution in [2.24, 2.45) is 17.6 Å². The van der Waals surface area contributed by atoms with E-state index < -0.39 is 0 Å². The van der Waals surface area contributed by atoms with Crippen LogP contribution < -0.4 is 11.1 Å². The van der Waals surface area contributed by atoms with Crippen molar-refractivity contribution in [3.8, 4) is 0 Å². The van der Waals surface area contributed by atoms with E-state index in [4.69, 9.17) is 5.73 Å². The second-order valence-electron chi connectivity index (χ2n) is 6.61. The van der Waals surface area contributed by atoms with Gasteiger partial charge in [0, 0.05) is 13.1 Å². The first-order valence-corrected chi connectivity index (χ1v) is 8.60. The molecule has 2 aliphatic rings. The zero-order chi connectivity index (χ0) is 15.9. The Morgan fingerprint density at radius 3 is 2.48 bits per heavy atom. The smallest absolute Gasteiger partial charge is 0.236 e. The highest BCUT2D eigenvalue weighted by Crippen LogP contribution is 2.19. The van der Waals surface area contributed by atoms with Crippen molar-refractivity contribution in [3.63, 3.8) is 0 Å². The van der Waals surface area contributed by atoms with Crippen LogP contribution in [0.15, 0.2) is 0 Å². The first kappa shape index (κ1) is 20.2. The molecule has 0 aromatic heterocycles. The predicted octanol–water partition coefficient (Wildman–Crippen LogP) is 0.454. The topological polar surface area (TPSA) is 78.7 Å². The number of hydrogen-bond donors (Lipinski definition) is 2. The summed E-state index contributed by atoms with van der Waals surface area (Å²) in [6.07, 6.45) is 4.01. The predicted molar refractivity (Wildman–Crippen MR) is 93.5 cm³/mol. The zero-order valence-electron chi connectivity index (χ0n) is 14.1. The lowest BCUT2D eigenvalue weighted by Crippen LogP contribution is -2.49. The molecule has 2 saturated heterocycles. The number of halogens is 1. The third-order valence-corrected chi connectivity index (χ3v) is 4.93. The third kappa shape index (κ3) is 6.28. The molecule has 1 unspecified atom stereocenters. The molecule has 0 aromatic rings. The van der Waals surface area contributed by atoms with Crippen molar-refractivity contribution in [1.29, 1.82) is 0 Å². The van der Waals surface area contributed by atoms with Crippen molar-refractivity contribution in [1.82, 2.24) is 15.1 Å². The molecular formula is C16H31ClN4O2. The van der Waals surface area contributed by atoms with Gasteiger partial charge in [-0.1, -0.05) is 6.92 Å². The fourth-order valence-corrected chi connectivity index (χ4v) is 3.42. The Bertz CT molecular complexity index is 386. The van der Waals surface area contributed by atoms with Crippen LogP contribution in [0.25, 0.3) is 0 Å². The molecule has 0 spiro atoms. The van der Waals surface area contributed by atoms with Gasteiger partial charge in [-0.05, 0) is 57.8 Å². The second kappa shape index (κ2) is 10.1. The molecule has 2 fully saturated rings. The fraction of sp³-hybridized carbons (Fsp3) is 0.875. The van der Waals surface area contributed by atoms with E-state index in [1.807, 2.05) is 4.90 Å². The normalized spacial score (nSPS) is 23.3. The molecule has 2 rings (SSSR count). The van der Waals surface area contributed by atoms with Crippen molar-refractivity contribution in [2.75, 3.05) is 45.8 Å². The highest BCUT2D eigenvalue weighted by Gasteiger charge is 2.28. The maximum absolute atomic E-state index is 12.4. The van der Waals surface area contributed by atoms with E-state index in [0.29, 0.717) is 13.1 Å². The molecular weight excluding hydrogens is 316 g/mol. The first-order chi connectivity index (χ1) is 10.6. The van der Waals surface area contributed by atoms with Crippen molar-refractivity contribution in [3.05, 3.63) is 0 Å². The van der Waals surface area contributed by atoms with Gasteiger partial charge >= 0.3 is 0 Å². The van der Waals surface area contributed by atoms with E-state index in [1.54, 1.807) is 0 Å². The van der Waals surface area contributed by atoms with Gasteiger partial charge in [0.05, 0.1) is 12.5 Å². The Hall–Kier alpha value is -0.850. The lowest BCUT2D eigenvalue weighted by Gasteiger charge is -2.35. The van der Waals surface area contributed by atoms with Gasteiger partial charge in [-0.15, -0.1) is 12.4 Å². The average Bonchev–Trinajstić information content (AvgIpc) is 2.54. The van der Waals surface area contributed by atoms with Gasteiger partial charge in [-0.25, -0.2) is 0 Å². The number of rotatable bonds is 6. The van der Waals surface area contributed by atoms with Crippen LogP contribution in [0.5, 0.6) is 0 Å². The molecule has 1 atom stereocenters. The van der Waals surface area contributed by atoms with E-state index in [9.17, 15) is 9.59 Å².